The van der Waals surface area contributed by atoms with E-state index in [0.29, 0.717) is 30.6 Å². The number of esters is 1. The molecule has 7 aliphatic rings. The molecule has 0 spiro atoms. The third kappa shape index (κ3) is 7.30. The minimum absolute atomic E-state index is 0.128. The van der Waals surface area contributed by atoms with Crippen molar-refractivity contribution in [3.8, 4) is 11.5 Å². The molecule has 8 rings (SSSR count). The van der Waals surface area contributed by atoms with Crippen molar-refractivity contribution in [3.05, 3.63) is 47.1 Å². The largest absolute Gasteiger partial charge is 0.504 e. The number of carbonyl (C=O) groups is 2. The van der Waals surface area contributed by atoms with Gasteiger partial charge in [-0.25, -0.2) is 4.79 Å². The number of benzene rings is 1. The Labute approximate surface area is 375 Å². The van der Waals surface area contributed by atoms with E-state index in [2.05, 4.69) is 67.5 Å². The van der Waals surface area contributed by atoms with Crippen LogP contribution < -0.4 is 0 Å². The van der Waals surface area contributed by atoms with Gasteiger partial charge < -0.3 is 64.5 Å². The van der Waals surface area contributed by atoms with E-state index in [0.717, 1.165) is 37.0 Å². The Morgan fingerprint density at radius 1 is 0.797 bits per heavy atom. The first kappa shape index (κ1) is 47.5. The van der Waals surface area contributed by atoms with Gasteiger partial charge in [0, 0.05) is 11.3 Å². The minimum Gasteiger partial charge on any atom is -0.504 e. The van der Waals surface area contributed by atoms with Crippen molar-refractivity contribution in [3.63, 3.8) is 0 Å². The van der Waals surface area contributed by atoms with Crippen molar-refractivity contribution in [2.75, 3.05) is 13.2 Å². The molecule has 2 aliphatic heterocycles. The minimum atomic E-state index is -1.88. The number of phenolic OH excluding ortho intramolecular Hbond substituents is 2. The standard InChI is InChI=1S/C49H70O15/c1-23-11-14-46(5)17-18-48(7)26(34(46)24(23)2)20-29(53)41-47(6)15-13-33(45(3,4)32(47)12-16-49(41,48)8)63-43-39(58)37(56)40(30(21-50)61-43)64-44-38(57)36(55)35(54)31(62-44)22-60-42(59)25-9-10-27(51)28(52)19-25/h9-10,12,19-20,23-24,30-31,33-41,43-44,50-52,54-58H,11,13-18,21-22H2,1-8H3/t23-,24+,30-,31-,33+,34+,35-,36+,37-,38-,39-,40-,41-,43+,44+,46-,47+,48-,49-/m1/s1. The van der Waals surface area contributed by atoms with Crippen LogP contribution in [0.2, 0.25) is 0 Å². The predicted octanol–water partition coefficient (Wildman–Crippen LogP) is 4.05. The number of hydrogen-bond acceptors (Lipinski definition) is 15. The topological polar surface area (TPSA) is 242 Å². The molecule has 15 nitrogen and oxygen atoms in total. The number of allylic oxidation sites excluding steroid dienone is 3. The van der Waals surface area contributed by atoms with Crippen molar-refractivity contribution in [1.29, 1.82) is 0 Å². The molecule has 0 aromatic heterocycles. The van der Waals surface area contributed by atoms with Gasteiger partial charge in [-0.3, -0.25) is 4.79 Å². The molecule has 1 aromatic rings. The van der Waals surface area contributed by atoms with Gasteiger partial charge in [0.25, 0.3) is 0 Å². The second kappa shape index (κ2) is 16.7. The highest BCUT2D eigenvalue weighted by molar-refractivity contribution is 5.96. The lowest BCUT2D eigenvalue weighted by Crippen LogP contribution is -2.66. The highest BCUT2D eigenvalue weighted by Crippen LogP contribution is 2.74. The second-order valence-corrected chi connectivity index (χ2v) is 21.9. The summed E-state index contributed by atoms with van der Waals surface area (Å²) in [6, 6.07) is 3.26. The summed E-state index contributed by atoms with van der Waals surface area (Å²) in [6.07, 6.45) is -5.98. The highest BCUT2D eigenvalue weighted by Gasteiger charge is 2.69. The van der Waals surface area contributed by atoms with Crippen LogP contribution in [0, 0.1) is 50.7 Å². The quantitative estimate of drug-likeness (QED) is 0.104. The summed E-state index contributed by atoms with van der Waals surface area (Å²) in [5.41, 5.74) is 1.04. The van der Waals surface area contributed by atoms with Gasteiger partial charge in [-0.15, -0.1) is 0 Å². The van der Waals surface area contributed by atoms with Crippen molar-refractivity contribution in [2.45, 2.75) is 168 Å². The Morgan fingerprint density at radius 2 is 1.47 bits per heavy atom. The fraction of sp³-hybridized carbons (Fsp3) is 0.755. The van der Waals surface area contributed by atoms with Crippen LogP contribution in [-0.4, -0.2) is 133 Å². The van der Waals surface area contributed by atoms with Crippen LogP contribution in [0.5, 0.6) is 11.5 Å². The molecule has 5 fully saturated rings. The first-order chi connectivity index (χ1) is 29.9. The average Bonchev–Trinajstić information content (AvgIpc) is 3.24. The molecule has 0 amide bonds. The number of ether oxygens (including phenoxy) is 5. The molecule has 19 atom stereocenters. The lowest BCUT2D eigenvalue weighted by molar-refractivity contribution is -0.365. The molecule has 15 heteroatoms. The third-order valence-corrected chi connectivity index (χ3v) is 18.1. The maximum Gasteiger partial charge on any atom is 0.338 e. The summed E-state index contributed by atoms with van der Waals surface area (Å²) in [5, 5.41) is 85.1. The first-order valence-electron chi connectivity index (χ1n) is 23.2. The summed E-state index contributed by atoms with van der Waals surface area (Å²) < 4.78 is 29.5. The van der Waals surface area contributed by atoms with E-state index >= 15 is 0 Å². The summed E-state index contributed by atoms with van der Waals surface area (Å²) >= 11 is 0. The third-order valence-electron chi connectivity index (χ3n) is 18.1. The molecule has 356 valence electrons. The van der Waals surface area contributed by atoms with E-state index in [1.165, 1.54) is 24.5 Å². The summed E-state index contributed by atoms with van der Waals surface area (Å²) in [6.45, 7) is 17.1. The number of fused-ring (bicyclic) bond motifs is 7. The Balaban J connectivity index is 0.959. The molecular weight excluding hydrogens is 829 g/mol. The molecule has 0 unspecified atom stereocenters. The Hall–Kier alpha value is -2.96. The predicted molar refractivity (Wildman–Crippen MR) is 229 cm³/mol. The Morgan fingerprint density at radius 3 is 2.16 bits per heavy atom. The van der Waals surface area contributed by atoms with Crippen LogP contribution in [0.3, 0.4) is 0 Å². The van der Waals surface area contributed by atoms with Crippen molar-refractivity contribution in [1.82, 2.24) is 0 Å². The number of rotatable bonds is 8. The molecule has 8 N–H and O–H groups in total. The van der Waals surface area contributed by atoms with E-state index in [1.54, 1.807) is 0 Å². The van der Waals surface area contributed by atoms with Gasteiger partial charge in [-0.05, 0) is 109 Å². The van der Waals surface area contributed by atoms with Crippen LogP contribution in [0.4, 0.5) is 0 Å². The van der Waals surface area contributed by atoms with Crippen LogP contribution in [0.25, 0.3) is 0 Å². The van der Waals surface area contributed by atoms with Crippen LogP contribution in [0.15, 0.2) is 41.5 Å². The smallest absolute Gasteiger partial charge is 0.338 e. The molecule has 2 heterocycles. The fourth-order valence-corrected chi connectivity index (χ4v) is 13.9. The number of hydrogen-bond donors (Lipinski definition) is 8. The molecule has 64 heavy (non-hydrogen) atoms. The first-order valence-corrected chi connectivity index (χ1v) is 23.2. The van der Waals surface area contributed by atoms with Crippen molar-refractivity contribution < 1.29 is 74.1 Å². The zero-order chi connectivity index (χ0) is 46.6. The van der Waals surface area contributed by atoms with E-state index in [1.807, 2.05) is 0 Å². The van der Waals surface area contributed by atoms with Gasteiger partial charge in [0.15, 0.2) is 29.9 Å². The SMILES string of the molecule is C[C@H]1[C@H](C)CC[C@]2(C)CC[C@]3(C)C(=CC(=O)[C@@H]4[C@@]5(C)CC[C@H](O[C@@H]6O[C@H](CO)[C@@H](O[C@@H]7O[C@H](COC(=O)c8ccc(O)c(O)c8)[C@@H](O)[C@H](O)[C@H]7O)[C@H](O)[C@H]6O)C(C)(C)C5=CC[C@]43C)[C@H]12. The second-order valence-electron chi connectivity index (χ2n) is 21.9. The van der Waals surface area contributed by atoms with E-state index < -0.39 is 109 Å². The molecular formula is C49H70O15. The van der Waals surface area contributed by atoms with E-state index in [4.69, 9.17) is 23.7 Å². The average molecular weight is 899 g/mol. The molecule has 2 saturated heterocycles. The summed E-state index contributed by atoms with van der Waals surface area (Å²) in [5.74, 6) is -0.506. The van der Waals surface area contributed by atoms with Crippen LogP contribution in [0.1, 0.15) is 111 Å². The molecule has 3 saturated carbocycles. The van der Waals surface area contributed by atoms with Gasteiger partial charge in [-0.1, -0.05) is 72.6 Å². The monoisotopic (exact) mass is 898 g/mol. The number of phenols is 2. The molecule has 0 radical (unpaired) electrons. The van der Waals surface area contributed by atoms with Crippen molar-refractivity contribution >= 4 is 11.8 Å². The molecule has 5 aliphatic carbocycles. The molecule has 1 aromatic carbocycles. The van der Waals surface area contributed by atoms with Gasteiger partial charge in [0.05, 0.1) is 18.3 Å². The van der Waals surface area contributed by atoms with Gasteiger partial charge in [0.2, 0.25) is 0 Å². The van der Waals surface area contributed by atoms with Gasteiger partial charge in [-0.2, -0.15) is 0 Å². The van der Waals surface area contributed by atoms with Crippen LogP contribution in [-0.2, 0) is 28.5 Å². The van der Waals surface area contributed by atoms with Crippen molar-refractivity contribution in [2.24, 2.45) is 50.7 Å². The number of ketones is 1. The van der Waals surface area contributed by atoms with Gasteiger partial charge >= 0.3 is 5.97 Å². The number of carbonyl (C=O) groups excluding carboxylic acids is 2. The van der Waals surface area contributed by atoms with E-state index in [-0.39, 0.29) is 33.5 Å². The zero-order valence-electron chi connectivity index (χ0n) is 38.3. The molecule has 0 bridgehead atoms. The number of aliphatic hydroxyl groups excluding tert-OH is 6. The maximum atomic E-state index is 14.9. The zero-order valence-corrected chi connectivity index (χ0v) is 38.3. The maximum absolute atomic E-state index is 14.9. The van der Waals surface area contributed by atoms with Gasteiger partial charge in [0.1, 0.15) is 55.4 Å². The normalized spacial score (nSPS) is 47.5. The summed E-state index contributed by atoms with van der Waals surface area (Å²) in [4.78, 5) is 27.5. The number of aromatic hydroxyl groups is 2. The van der Waals surface area contributed by atoms with Crippen LogP contribution >= 0.6 is 0 Å². The lowest BCUT2D eigenvalue weighted by atomic mass is 9.35. The Bertz CT molecular complexity index is 2030. The highest BCUT2D eigenvalue weighted by atomic mass is 16.7. The Kier molecular flexibility index (Phi) is 12.4. The van der Waals surface area contributed by atoms with E-state index in [9.17, 15) is 50.4 Å². The number of aliphatic hydroxyl groups is 6. The summed E-state index contributed by atoms with van der Waals surface area (Å²) in [7, 11) is 0. The fourth-order valence-electron chi connectivity index (χ4n) is 13.9. The lowest BCUT2D eigenvalue weighted by Gasteiger charge is -2.68.